The predicted octanol–water partition coefficient (Wildman–Crippen LogP) is 4.75. The molecule has 1 aromatic carbocycles. The number of alkyl halides is 3. The molecule has 0 spiro atoms. The van der Waals surface area contributed by atoms with Crippen LogP contribution in [0.4, 0.5) is 18.9 Å². The summed E-state index contributed by atoms with van der Waals surface area (Å²) in [5.41, 5.74) is -0.424. The zero-order valence-electron chi connectivity index (χ0n) is 12.0. The second kappa shape index (κ2) is 7.01. The highest BCUT2D eigenvalue weighted by Crippen LogP contribution is 2.37. The van der Waals surface area contributed by atoms with E-state index in [-0.39, 0.29) is 11.7 Å². The number of hydrogen-bond acceptors (Lipinski definition) is 2. The van der Waals surface area contributed by atoms with Gasteiger partial charge in [-0.1, -0.05) is 22.9 Å². The summed E-state index contributed by atoms with van der Waals surface area (Å²) in [5.74, 6) is 0. The van der Waals surface area contributed by atoms with Crippen LogP contribution in [0.15, 0.2) is 22.7 Å². The second-order valence-corrected chi connectivity index (χ2v) is 6.36. The molecule has 118 valence electrons. The SMILES string of the molecule is CCCN1CCC(Nc2cc(Br)ccc2C(F)(F)F)CC1. The summed E-state index contributed by atoms with van der Waals surface area (Å²) in [6.45, 7) is 5.10. The summed E-state index contributed by atoms with van der Waals surface area (Å²) < 4.78 is 39.8. The third-order valence-corrected chi connectivity index (χ3v) is 4.27. The maximum atomic E-state index is 13.0. The van der Waals surface area contributed by atoms with Crippen LogP contribution in [0.3, 0.4) is 0 Å². The lowest BCUT2D eigenvalue weighted by atomic mass is 10.0. The minimum atomic E-state index is -4.33. The number of halogens is 4. The summed E-state index contributed by atoms with van der Waals surface area (Å²) in [7, 11) is 0. The molecule has 1 aromatic rings. The molecule has 0 bridgehead atoms. The zero-order valence-corrected chi connectivity index (χ0v) is 13.6. The fraction of sp³-hybridized carbons (Fsp3) is 0.600. The largest absolute Gasteiger partial charge is 0.418 e. The number of likely N-dealkylation sites (tertiary alicyclic amines) is 1. The molecule has 0 atom stereocenters. The molecule has 1 aliphatic rings. The van der Waals surface area contributed by atoms with Gasteiger partial charge in [0, 0.05) is 29.3 Å². The Hall–Kier alpha value is -0.750. The van der Waals surface area contributed by atoms with Gasteiger partial charge >= 0.3 is 6.18 Å². The maximum absolute atomic E-state index is 13.0. The highest BCUT2D eigenvalue weighted by Gasteiger charge is 2.34. The summed E-state index contributed by atoms with van der Waals surface area (Å²) in [6.07, 6.45) is -1.46. The summed E-state index contributed by atoms with van der Waals surface area (Å²) in [6, 6.07) is 4.17. The van der Waals surface area contributed by atoms with Crippen molar-refractivity contribution in [2.24, 2.45) is 0 Å². The zero-order chi connectivity index (χ0) is 15.5. The molecule has 1 heterocycles. The van der Waals surface area contributed by atoms with Gasteiger partial charge in [0.25, 0.3) is 0 Å². The lowest BCUT2D eigenvalue weighted by molar-refractivity contribution is -0.137. The van der Waals surface area contributed by atoms with Gasteiger partial charge in [-0.05, 0) is 44.0 Å². The minimum Gasteiger partial charge on any atom is -0.382 e. The first kappa shape index (κ1) is 16.6. The number of anilines is 1. The Labute approximate surface area is 131 Å². The molecule has 1 N–H and O–H groups in total. The highest BCUT2D eigenvalue weighted by atomic mass is 79.9. The van der Waals surface area contributed by atoms with E-state index in [4.69, 9.17) is 0 Å². The van der Waals surface area contributed by atoms with E-state index in [9.17, 15) is 13.2 Å². The molecule has 6 heteroatoms. The molecule has 1 aliphatic heterocycles. The number of nitrogens with one attached hydrogen (secondary N) is 1. The van der Waals surface area contributed by atoms with Crippen molar-refractivity contribution >= 4 is 21.6 Å². The first-order valence-electron chi connectivity index (χ1n) is 7.25. The van der Waals surface area contributed by atoms with Gasteiger partial charge in [0.05, 0.1) is 5.56 Å². The first-order valence-corrected chi connectivity index (χ1v) is 8.05. The highest BCUT2D eigenvalue weighted by molar-refractivity contribution is 9.10. The van der Waals surface area contributed by atoms with E-state index >= 15 is 0 Å². The van der Waals surface area contributed by atoms with Gasteiger partial charge in [-0.3, -0.25) is 0 Å². The van der Waals surface area contributed by atoms with Crippen LogP contribution in [0.5, 0.6) is 0 Å². The molecule has 0 unspecified atom stereocenters. The van der Waals surface area contributed by atoms with Crippen LogP contribution in [0.25, 0.3) is 0 Å². The van der Waals surface area contributed by atoms with Crippen molar-refractivity contribution in [3.05, 3.63) is 28.2 Å². The van der Waals surface area contributed by atoms with E-state index in [0.29, 0.717) is 4.47 Å². The third kappa shape index (κ3) is 4.61. The van der Waals surface area contributed by atoms with Gasteiger partial charge in [0.15, 0.2) is 0 Å². The average Bonchev–Trinajstić information content (AvgIpc) is 2.40. The van der Waals surface area contributed by atoms with Gasteiger partial charge in [-0.25, -0.2) is 0 Å². The van der Waals surface area contributed by atoms with E-state index in [1.54, 1.807) is 0 Å². The first-order chi connectivity index (χ1) is 9.90. The fourth-order valence-electron chi connectivity index (χ4n) is 2.72. The summed E-state index contributed by atoms with van der Waals surface area (Å²) >= 11 is 3.24. The number of piperidine rings is 1. The number of benzene rings is 1. The molecule has 0 aromatic heterocycles. The third-order valence-electron chi connectivity index (χ3n) is 3.77. The standard InChI is InChI=1S/C15H20BrF3N2/c1-2-7-21-8-5-12(6-9-21)20-14-10-11(16)3-4-13(14)15(17,18)19/h3-4,10,12,20H,2,5-9H2,1H3. The lowest BCUT2D eigenvalue weighted by Crippen LogP contribution is -2.39. The quantitative estimate of drug-likeness (QED) is 0.828. The van der Waals surface area contributed by atoms with Crippen molar-refractivity contribution in [1.29, 1.82) is 0 Å². The molecule has 1 fully saturated rings. The molecule has 0 amide bonds. The van der Waals surface area contributed by atoms with Crippen molar-refractivity contribution in [3.8, 4) is 0 Å². The molecule has 21 heavy (non-hydrogen) atoms. The van der Waals surface area contributed by atoms with E-state index in [1.807, 2.05) is 0 Å². The van der Waals surface area contributed by atoms with E-state index in [2.05, 4.69) is 33.1 Å². The van der Waals surface area contributed by atoms with Crippen molar-refractivity contribution in [3.63, 3.8) is 0 Å². The van der Waals surface area contributed by atoms with Crippen molar-refractivity contribution < 1.29 is 13.2 Å². The van der Waals surface area contributed by atoms with Gasteiger partial charge in [0.1, 0.15) is 0 Å². The fourth-order valence-corrected chi connectivity index (χ4v) is 3.08. The summed E-state index contributed by atoms with van der Waals surface area (Å²) in [4.78, 5) is 2.36. The Morgan fingerprint density at radius 3 is 2.52 bits per heavy atom. The van der Waals surface area contributed by atoms with Gasteiger partial charge < -0.3 is 10.2 Å². The van der Waals surface area contributed by atoms with E-state index in [0.717, 1.165) is 45.0 Å². The van der Waals surface area contributed by atoms with Gasteiger partial charge in [-0.2, -0.15) is 13.2 Å². The molecule has 2 rings (SSSR count). The van der Waals surface area contributed by atoms with Crippen LogP contribution in [-0.4, -0.2) is 30.6 Å². The molecular weight excluding hydrogens is 345 g/mol. The van der Waals surface area contributed by atoms with Crippen LogP contribution in [0, 0.1) is 0 Å². The molecule has 2 nitrogen and oxygen atoms in total. The van der Waals surface area contributed by atoms with Crippen molar-refractivity contribution in [2.75, 3.05) is 25.0 Å². The summed E-state index contributed by atoms with van der Waals surface area (Å²) in [5, 5.41) is 3.08. The Bertz CT molecular complexity index is 468. The van der Waals surface area contributed by atoms with Crippen molar-refractivity contribution in [1.82, 2.24) is 4.90 Å². The Morgan fingerprint density at radius 1 is 1.29 bits per heavy atom. The monoisotopic (exact) mass is 364 g/mol. The van der Waals surface area contributed by atoms with Crippen LogP contribution in [0.1, 0.15) is 31.7 Å². The normalized spacial score (nSPS) is 18.0. The van der Waals surface area contributed by atoms with Gasteiger partial charge in [0.2, 0.25) is 0 Å². The Morgan fingerprint density at radius 2 is 1.95 bits per heavy atom. The topological polar surface area (TPSA) is 15.3 Å². The van der Waals surface area contributed by atoms with Crippen LogP contribution >= 0.6 is 15.9 Å². The minimum absolute atomic E-state index is 0.105. The molecular formula is C15H20BrF3N2. The lowest BCUT2D eigenvalue weighted by Gasteiger charge is -2.33. The van der Waals surface area contributed by atoms with Crippen molar-refractivity contribution in [2.45, 2.75) is 38.4 Å². The molecule has 0 saturated carbocycles. The Balaban J connectivity index is 2.05. The van der Waals surface area contributed by atoms with E-state index < -0.39 is 11.7 Å². The second-order valence-electron chi connectivity index (χ2n) is 5.45. The van der Waals surface area contributed by atoms with Crippen LogP contribution in [0.2, 0.25) is 0 Å². The van der Waals surface area contributed by atoms with Crippen LogP contribution < -0.4 is 5.32 Å². The number of rotatable bonds is 4. The number of hydrogen-bond donors (Lipinski definition) is 1. The maximum Gasteiger partial charge on any atom is 0.418 e. The van der Waals surface area contributed by atoms with E-state index in [1.165, 1.54) is 12.1 Å². The molecule has 1 saturated heterocycles. The average molecular weight is 365 g/mol. The van der Waals surface area contributed by atoms with Gasteiger partial charge in [-0.15, -0.1) is 0 Å². The number of nitrogens with zero attached hydrogens (tertiary/aromatic N) is 1. The predicted molar refractivity (Wildman–Crippen MR) is 82.5 cm³/mol. The smallest absolute Gasteiger partial charge is 0.382 e. The Kier molecular flexibility index (Phi) is 5.54. The van der Waals surface area contributed by atoms with Crippen LogP contribution in [-0.2, 0) is 6.18 Å². The molecule has 0 radical (unpaired) electrons. The molecule has 0 aliphatic carbocycles.